The maximum Gasteiger partial charge on any atom is 0.244 e. The number of nitrogens with zero attached hydrogens (tertiary/aromatic N) is 2. The molecule has 0 bridgehead atoms. The highest BCUT2D eigenvalue weighted by Crippen LogP contribution is 2.26. The quantitative estimate of drug-likeness (QED) is 0.445. The molecule has 6 heteroatoms. The first-order chi connectivity index (χ1) is 16.4. The van der Waals surface area contributed by atoms with Gasteiger partial charge in [-0.25, -0.2) is 8.42 Å². The first kappa shape index (κ1) is 24.2. The van der Waals surface area contributed by atoms with Crippen molar-refractivity contribution in [1.29, 1.82) is 0 Å². The summed E-state index contributed by atoms with van der Waals surface area (Å²) in [7, 11) is -3.91. The summed E-state index contributed by atoms with van der Waals surface area (Å²) in [6.07, 6.45) is 2.97. The Bertz CT molecular complexity index is 1170. The van der Waals surface area contributed by atoms with Crippen LogP contribution in [0.15, 0.2) is 89.8 Å². The zero-order valence-electron chi connectivity index (χ0n) is 19.6. The molecule has 0 spiro atoms. The van der Waals surface area contributed by atoms with E-state index in [9.17, 15) is 13.2 Å². The minimum Gasteiger partial charge on any atom is -0.341 e. The molecule has 1 aliphatic rings. The summed E-state index contributed by atoms with van der Waals surface area (Å²) in [6.45, 7) is 3.45. The molecule has 1 amide bonds. The summed E-state index contributed by atoms with van der Waals surface area (Å²) in [6, 6.07) is 25.6. The van der Waals surface area contributed by atoms with Crippen molar-refractivity contribution < 1.29 is 13.2 Å². The summed E-state index contributed by atoms with van der Waals surface area (Å²) in [4.78, 5) is 15.8. The van der Waals surface area contributed by atoms with Crippen molar-refractivity contribution in [3.63, 3.8) is 0 Å². The van der Waals surface area contributed by atoms with Crippen LogP contribution in [0.25, 0.3) is 0 Å². The van der Waals surface area contributed by atoms with Crippen LogP contribution in [0.4, 0.5) is 0 Å². The van der Waals surface area contributed by atoms with Gasteiger partial charge in [0.05, 0.1) is 4.90 Å². The largest absolute Gasteiger partial charge is 0.341 e. The lowest BCUT2D eigenvalue weighted by molar-refractivity contribution is -0.134. The van der Waals surface area contributed by atoms with E-state index in [1.54, 1.807) is 24.3 Å². The molecule has 1 saturated heterocycles. The minimum absolute atomic E-state index is 0.0972. The van der Waals surface area contributed by atoms with Crippen molar-refractivity contribution in [3.05, 3.63) is 102 Å². The third-order valence-corrected chi connectivity index (χ3v) is 8.28. The van der Waals surface area contributed by atoms with Gasteiger partial charge in [0, 0.05) is 19.6 Å². The lowest BCUT2D eigenvalue weighted by Gasteiger charge is -2.33. The van der Waals surface area contributed by atoms with E-state index >= 15 is 0 Å². The van der Waals surface area contributed by atoms with Gasteiger partial charge in [-0.2, -0.15) is 4.31 Å². The standard InChI is InChI=1S/C28H32N2O3S/c1-23-14-17-26(18-15-23)34(32,33)30(22-25-12-6-3-7-13-25)27(28(31)29-20-8-9-21-29)19-16-24-10-4-2-5-11-24/h2-7,10-15,17-18,27H,8-9,16,19-22H2,1H3. The van der Waals surface area contributed by atoms with Gasteiger partial charge in [0.25, 0.3) is 0 Å². The Morgan fingerprint density at radius 1 is 0.853 bits per heavy atom. The van der Waals surface area contributed by atoms with Gasteiger partial charge >= 0.3 is 0 Å². The fourth-order valence-corrected chi connectivity index (χ4v) is 6.06. The highest BCUT2D eigenvalue weighted by molar-refractivity contribution is 7.89. The van der Waals surface area contributed by atoms with Crippen LogP contribution >= 0.6 is 0 Å². The summed E-state index contributed by atoms with van der Waals surface area (Å²) < 4.78 is 29.4. The summed E-state index contributed by atoms with van der Waals surface area (Å²) in [5.41, 5.74) is 2.94. The third-order valence-electron chi connectivity index (χ3n) is 6.41. The Hall–Kier alpha value is -2.96. The molecule has 1 fully saturated rings. The van der Waals surface area contributed by atoms with Crippen molar-refractivity contribution in [2.24, 2.45) is 0 Å². The summed E-state index contributed by atoms with van der Waals surface area (Å²) in [5, 5.41) is 0. The number of likely N-dealkylation sites (tertiary alicyclic amines) is 1. The molecule has 1 atom stereocenters. The number of sulfonamides is 1. The first-order valence-electron chi connectivity index (χ1n) is 11.9. The van der Waals surface area contributed by atoms with E-state index in [-0.39, 0.29) is 17.3 Å². The molecule has 1 heterocycles. The predicted octanol–water partition coefficient (Wildman–Crippen LogP) is 4.81. The second-order valence-electron chi connectivity index (χ2n) is 8.92. The fraction of sp³-hybridized carbons (Fsp3) is 0.321. The van der Waals surface area contributed by atoms with Crippen molar-refractivity contribution in [3.8, 4) is 0 Å². The molecule has 5 nitrogen and oxygen atoms in total. The van der Waals surface area contributed by atoms with Gasteiger partial charge in [-0.15, -0.1) is 0 Å². The molecule has 0 N–H and O–H groups in total. The van der Waals surface area contributed by atoms with Crippen LogP contribution in [-0.2, 0) is 27.8 Å². The van der Waals surface area contributed by atoms with Crippen LogP contribution in [0.5, 0.6) is 0 Å². The minimum atomic E-state index is -3.91. The summed E-state index contributed by atoms with van der Waals surface area (Å²) in [5.74, 6) is -0.0972. The number of carbonyl (C=O) groups is 1. The van der Waals surface area contributed by atoms with Gasteiger partial charge in [-0.05, 0) is 55.9 Å². The molecule has 34 heavy (non-hydrogen) atoms. The molecular formula is C28H32N2O3S. The van der Waals surface area contributed by atoms with E-state index in [0.717, 1.165) is 29.5 Å². The average molecular weight is 477 g/mol. The normalized spacial score (nSPS) is 14.9. The predicted molar refractivity (Wildman–Crippen MR) is 135 cm³/mol. The van der Waals surface area contributed by atoms with E-state index < -0.39 is 16.1 Å². The van der Waals surface area contributed by atoms with Crippen LogP contribution in [0.1, 0.15) is 36.0 Å². The van der Waals surface area contributed by atoms with Crippen molar-refractivity contribution in [2.45, 2.75) is 50.1 Å². The maximum absolute atomic E-state index is 14.0. The van der Waals surface area contributed by atoms with Gasteiger partial charge in [0.1, 0.15) is 6.04 Å². The van der Waals surface area contributed by atoms with E-state index in [4.69, 9.17) is 0 Å². The van der Waals surface area contributed by atoms with E-state index in [0.29, 0.717) is 25.9 Å². The van der Waals surface area contributed by atoms with Crippen molar-refractivity contribution in [1.82, 2.24) is 9.21 Å². The molecule has 0 aliphatic carbocycles. The Morgan fingerprint density at radius 3 is 2.00 bits per heavy atom. The van der Waals surface area contributed by atoms with Gasteiger partial charge in [-0.3, -0.25) is 4.79 Å². The van der Waals surface area contributed by atoms with Crippen LogP contribution in [0, 0.1) is 6.92 Å². The highest BCUT2D eigenvalue weighted by atomic mass is 32.2. The molecule has 3 aromatic carbocycles. The zero-order chi connectivity index (χ0) is 24.0. The average Bonchev–Trinajstić information content (AvgIpc) is 3.40. The SMILES string of the molecule is Cc1ccc(S(=O)(=O)N(Cc2ccccc2)C(CCc2ccccc2)C(=O)N2CCCC2)cc1. The van der Waals surface area contributed by atoms with Crippen molar-refractivity contribution in [2.75, 3.05) is 13.1 Å². The van der Waals surface area contributed by atoms with Crippen LogP contribution in [0.2, 0.25) is 0 Å². The van der Waals surface area contributed by atoms with Crippen LogP contribution in [0.3, 0.4) is 0 Å². The monoisotopic (exact) mass is 476 g/mol. The van der Waals surface area contributed by atoms with Crippen LogP contribution in [-0.4, -0.2) is 42.7 Å². The molecule has 0 aromatic heterocycles. The molecule has 0 radical (unpaired) electrons. The molecule has 1 aliphatic heterocycles. The number of hydrogen-bond donors (Lipinski definition) is 0. The maximum atomic E-state index is 14.0. The number of rotatable bonds is 9. The second-order valence-corrected chi connectivity index (χ2v) is 10.8. The fourth-order valence-electron chi connectivity index (χ4n) is 4.46. The molecule has 4 rings (SSSR count). The Labute approximate surface area is 203 Å². The van der Waals surface area contributed by atoms with Gasteiger partial charge in [0.2, 0.25) is 15.9 Å². The summed E-state index contributed by atoms with van der Waals surface area (Å²) >= 11 is 0. The van der Waals surface area contributed by atoms with Gasteiger partial charge in [0.15, 0.2) is 0 Å². The van der Waals surface area contributed by atoms with E-state index in [1.807, 2.05) is 72.5 Å². The smallest absolute Gasteiger partial charge is 0.244 e. The highest BCUT2D eigenvalue weighted by Gasteiger charge is 2.38. The van der Waals surface area contributed by atoms with Gasteiger partial charge < -0.3 is 4.90 Å². The Balaban J connectivity index is 1.73. The Kier molecular flexibility index (Phi) is 7.80. The molecule has 0 saturated carbocycles. The topological polar surface area (TPSA) is 57.7 Å². The van der Waals surface area contributed by atoms with Crippen LogP contribution < -0.4 is 0 Å². The third kappa shape index (κ3) is 5.75. The molecule has 3 aromatic rings. The van der Waals surface area contributed by atoms with E-state index in [2.05, 4.69) is 0 Å². The number of hydrogen-bond acceptors (Lipinski definition) is 3. The van der Waals surface area contributed by atoms with E-state index in [1.165, 1.54) is 4.31 Å². The van der Waals surface area contributed by atoms with Crippen molar-refractivity contribution >= 4 is 15.9 Å². The number of aryl methyl sites for hydroxylation is 2. The Morgan fingerprint density at radius 2 is 1.41 bits per heavy atom. The van der Waals surface area contributed by atoms with Gasteiger partial charge in [-0.1, -0.05) is 78.4 Å². The molecular weight excluding hydrogens is 444 g/mol. The number of benzene rings is 3. The second kappa shape index (κ2) is 11.0. The lowest BCUT2D eigenvalue weighted by atomic mass is 10.0. The number of carbonyl (C=O) groups excluding carboxylic acids is 1. The molecule has 1 unspecified atom stereocenters. The first-order valence-corrected chi connectivity index (χ1v) is 13.3. The lowest BCUT2D eigenvalue weighted by Crippen LogP contribution is -2.50. The molecule has 178 valence electrons. The zero-order valence-corrected chi connectivity index (χ0v) is 20.5. The number of amides is 1.